The summed E-state index contributed by atoms with van der Waals surface area (Å²) in [4.78, 5) is 38.6. The van der Waals surface area contributed by atoms with Gasteiger partial charge in [-0.1, -0.05) is 46.1 Å². The van der Waals surface area contributed by atoms with Crippen LogP contribution in [0.4, 0.5) is 0 Å². The van der Waals surface area contributed by atoms with Gasteiger partial charge in [-0.25, -0.2) is 0 Å². The van der Waals surface area contributed by atoms with Crippen molar-refractivity contribution in [2.24, 2.45) is 11.3 Å². The Hall–Kier alpha value is -1.89. The summed E-state index contributed by atoms with van der Waals surface area (Å²) in [5, 5.41) is 6.58. The Morgan fingerprint density at radius 1 is 1.11 bits per heavy atom. The molecule has 2 aliphatic rings. The molecule has 0 aromatic heterocycles. The van der Waals surface area contributed by atoms with Gasteiger partial charge in [0.25, 0.3) is 0 Å². The van der Waals surface area contributed by atoms with Gasteiger partial charge in [-0.15, -0.1) is 0 Å². The molecule has 3 N–H and O–H groups in total. The van der Waals surface area contributed by atoms with E-state index in [9.17, 15) is 14.4 Å². The molecule has 2 aliphatic carbocycles. The number of amides is 3. The molecule has 0 heterocycles. The SMILES string of the molecule is CC(C)(C)C1=CC(NC=O)C(NC=O)=C1[Si](C)(C)NC(=O)C1CCCCC1. The van der Waals surface area contributed by atoms with Crippen LogP contribution in [0.2, 0.25) is 13.1 Å². The number of hydrogen-bond donors (Lipinski definition) is 3. The van der Waals surface area contributed by atoms with Crippen molar-refractivity contribution < 1.29 is 14.4 Å². The number of nitrogens with one attached hydrogen (secondary N) is 3. The number of carbonyl (C=O) groups excluding carboxylic acids is 3. The predicted molar refractivity (Wildman–Crippen MR) is 109 cm³/mol. The second-order valence-corrected chi connectivity index (χ2v) is 13.1. The minimum Gasteiger partial charge on any atom is -0.378 e. The highest BCUT2D eigenvalue weighted by Crippen LogP contribution is 2.41. The van der Waals surface area contributed by atoms with E-state index < -0.39 is 8.24 Å². The quantitative estimate of drug-likeness (QED) is 0.460. The third-order valence-corrected chi connectivity index (χ3v) is 8.15. The van der Waals surface area contributed by atoms with Crippen molar-refractivity contribution in [3.8, 4) is 0 Å². The average Bonchev–Trinajstić information content (AvgIpc) is 2.96. The molecule has 0 spiro atoms. The van der Waals surface area contributed by atoms with Crippen LogP contribution in [-0.4, -0.2) is 33.0 Å². The first-order valence-corrected chi connectivity index (χ1v) is 12.8. The molecule has 1 atom stereocenters. The Morgan fingerprint density at radius 3 is 2.26 bits per heavy atom. The van der Waals surface area contributed by atoms with E-state index in [1.54, 1.807) is 0 Å². The van der Waals surface area contributed by atoms with E-state index >= 15 is 0 Å². The third-order valence-electron chi connectivity index (χ3n) is 5.49. The van der Waals surface area contributed by atoms with Crippen LogP contribution in [0.15, 0.2) is 22.5 Å². The summed E-state index contributed by atoms with van der Waals surface area (Å²) in [5.74, 6) is 0.213. The molecule has 7 heteroatoms. The van der Waals surface area contributed by atoms with Crippen molar-refractivity contribution in [3.63, 3.8) is 0 Å². The molecule has 0 bridgehead atoms. The molecule has 27 heavy (non-hydrogen) atoms. The van der Waals surface area contributed by atoms with Crippen LogP contribution in [0.25, 0.3) is 0 Å². The largest absolute Gasteiger partial charge is 0.378 e. The van der Waals surface area contributed by atoms with Crippen molar-refractivity contribution in [2.45, 2.75) is 72.0 Å². The van der Waals surface area contributed by atoms with Crippen LogP contribution in [0, 0.1) is 11.3 Å². The zero-order valence-electron chi connectivity index (χ0n) is 17.1. The van der Waals surface area contributed by atoms with E-state index in [2.05, 4.69) is 49.5 Å². The highest BCUT2D eigenvalue weighted by molar-refractivity contribution is 6.85. The zero-order chi connectivity index (χ0) is 20.2. The molecule has 6 nitrogen and oxygen atoms in total. The van der Waals surface area contributed by atoms with Gasteiger partial charge in [0.15, 0.2) is 8.24 Å². The summed E-state index contributed by atoms with van der Waals surface area (Å²) in [6.45, 7) is 10.5. The monoisotopic (exact) mass is 391 g/mol. The van der Waals surface area contributed by atoms with E-state index in [1.165, 1.54) is 6.42 Å². The van der Waals surface area contributed by atoms with Gasteiger partial charge in [0, 0.05) is 11.6 Å². The lowest BCUT2D eigenvalue weighted by Gasteiger charge is -2.35. The third kappa shape index (κ3) is 4.89. The van der Waals surface area contributed by atoms with Crippen LogP contribution in [-0.2, 0) is 14.4 Å². The van der Waals surface area contributed by atoms with E-state index in [0.717, 1.165) is 36.5 Å². The Balaban J connectivity index is 2.40. The molecule has 2 rings (SSSR count). The number of rotatable bonds is 7. The molecule has 0 saturated heterocycles. The summed E-state index contributed by atoms with van der Waals surface area (Å²) in [6.07, 6.45) is 8.61. The number of carbonyl (C=O) groups is 3. The van der Waals surface area contributed by atoms with Crippen LogP contribution in [0.3, 0.4) is 0 Å². The first-order valence-electron chi connectivity index (χ1n) is 9.81. The maximum absolute atomic E-state index is 12.9. The second kappa shape index (κ2) is 8.42. The molecule has 0 radical (unpaired) electrons. The molecule has 1 fully saturated rings. The lowest BCUT2D eigenvalue weighted by molar-refractivity contribution is -0.124. The van der Waals surface area contributed by atoms with Gasteiger partial charge in [0.1, 0.15) is 0 Å². The highest BCUT2D eigenvalue weighted by atomic mass is 28.3. The molecule has 3 amide bonds. The van der Waals surface area contributed by atoms with E-state index in [0.29, 0.717) is 18.5 Å². The van der Waals surface area contributed by atoms with Crippen molar-refractivity contribution >= 4 is 27.0 Å². The fourth-order valence-electron chi connectivity index (χ4n) is 4.20. The molecule has 150 valence electrons. The maximum atomic E-state index is 12.9. The first-order chi connectivity index (χ1) is 12.6. The number of hydrogen-bond acceptors (Lipinski definition) is 3. The first kappa shape index (κ1) is 21.4. The lowest BCUT2D eigenvalue weighted by atomic mass is 9.87. The minimum absolute atomic E-state index is 0.0842. The van der Waals surface area contributed by atoms with Crippen molar-refractivity contribution in [3.05, 3.63) is 22.5 Å². The highest BCUT2D eigenvalue weighted by Gasteiger charge is 2.43. The number of allylic oxidation sites excluding steroid dienone is 2. The van der Waals surface area contributed by atoms with Crippen molar-refractivity contribution in [1.29, 1.82) is 0 Å². The standard InChI is InChI=1S/C20H33N3O3Si/c1-20(2,3)15-11-16(21-12-24)17(22-13-25)18(15)27(4,5)23-19(26)14-9-7-6-8-10-14/h11-14,16H,6-10H2,1-5H3,(H,21,24)(H,22,25)(H,23,26). The lowest BCUT2D eigenvalue weighted by Crippen LogP contribution is -2.54. The van der Waals surface area contributed by atoms with Gasteiger partial charge in [0.05, 0.1) is 6.04 Å². The van der Waals surface area contributed by atoms with E-state index in [1.807, 2.05) is 6.08 Å². The Kier molecular flexibility index (Phi) is 6.67. The zero-order valence-corrected chi connectivity index (χ0v) is 18.1. The summed E-state index contributed by atoms with van der Waals surface area (Å²) < 4.78 is 0. The molecule has 0 aromatic rings. The van der Waals surface area contributed by atoms with Crippen LogP contribution in [0.1, 0.15) is 52.9 Å². The predicted octanol–water partition coefficient (Wildman–Crippen LogP) is 2.53. The second-order valence-electron chi connectivity index (χ2n) is 9.09. The summed E-state index contributed by atoms with van der Waals surface area (Å²) in [7, 11) is -2.43. The Morgan fingerprint density at radius 2 is 1.74 bits per heavy atom. The average molecular weight is 392 g/mol. The van der Waals surface area contributed by atoms with Gasteiger partial charge in [0.2, 0.25) is 18.7 Å². The van der Waals surface area contributed by atoms with Gasteiger partial charge < -0.3 is 15.6 Å². The van der Waals surface area contributed by atoms with Gasteiger partial charge in [-0.05, 0) is 42.1 Å². The van der Waals surface area contributed by atoms with Crippen LogP contribution < -0.4 is 15.6 Å². The Labute approximate surface area is 163 Å². The fourth-order valence-corrected chi connectivity index (χ4v) is 7.18. The molecule has 1 unspecified atom stereocenters. The summed E-state index contributed by atoms with van der Waals surface area (Å²) in [6, 6.07) is -0.379. The van der Waals surface area contributed by atoms with Gasteiger partial charge in [-0.2, -0.15) is 0 Å². The topological polar surface area (TPSA) is 87.3 Å². The van der Waals surface area contributed by atoms with Gasteiger partial charge >= 0.3 is 0 Å². The van der Waals surface area contributed by atoms with Crippen LogP contribution in [0.5, 0.6) is 0 Å². The smallest absolute Gasteiger partial charge is 0.215 e. The van der Waals surface area contributed by atoms with E-state index in [4.69, 9.17) is 0 Å². The van der Waals surface area contributed by atoms with Crippen molar-refractivity contribution in [2.75, 3.05) is 0 Å². The minimum atomic E-state index is -2.43. The summed E-state index contributed by atoms with van der Waals surface area (Å²) >= 11 is 0. The molecular formula is C20H33N3O3Si. The van der Waals surface area contributed by atoms with Gasteiger partial charge in [-0.3, -0.25) is 14.4 Å². The van der Waals surface area contributed by atoms with Crippen LogP contribution >= 0.6 is 0 Å². The maximum Gasteiger partial charge on any atom is 0.215 e. The molecular weight excluding hydrogens is 358 g/mol. The molecule has 0 aliphatic heterocycles. The summed E-state index contributed by atoms with van der Waals surface area (Å²) in [5.41, 5.74) is 1.58. The van der Waals surface area contributed by atoms with E-state index in [-0.39, 0.29) is 23.3 Å². The normalized spacial score (nSPS) is 21.5. The van der Waals surface area contributed by atoms with Crippen molar-refractivity contribution in [1.82, 2.24) is 15.6 Å². The molecule has 1 saturated carbocycles. The fraction of sp³-hybridized carbons (Fsp3) is 0.650. The Bertz CT molecular complexity index is 656. The molecule has 0 aromatic carbocycles.